The maximum atomic E-state index is 11.8. The minimum atomic E-state index is -0.353. The van der Waals surface area contributed by atoms with Crippen LogP contribution in [0.1, 0.15) is 40.7 Å². The zero-order valence-corrected chi connectivity index (χ0v) is 14.1. The summed E-state index contributed by atoms with van der Waals surface area (Å²) in [5.74, 6) is 1.74. The van der Waals surface area contributed by atoms with Crippen LogP contribution in [0, 0.1) is 0 Å². The molecule has 0 radical (unpaired) electrons. The van der Waals surface area contributed by atoms with E-state index in [4.69, 9.17) is 9.15 Å². The van der Waals surface area contributed by atoms with Gasteiger partial charge in [-0.25, -0.2) is 4.79 Å². The summed E-state index contributed by atoms with van der Waals surface area (Å²) in [6.07, 6.45) is 5.56. The molecule has 0 spiro atoms. The molecule has 1 fully saturated rings. The van der Waals surface area contributed by atoms with E-state index in [0.29, 0.717) is 23.8 Å². The van der Waals surface area contributed by atoms with Crippen LogP contribution in [-0.2, 0) is 11.3 Å². The molecule has 1 aliphatic heterocycles. The van der Waals surface area contributed by atoms with Crippen molar-refractivity contribution in [2.45, 2.75) is 25.3 Å². The number of furan rings is 1. The van der Waals surface area contributed by atoms with Crippen LogP contribution in [-0.4, -0.2) is 45.7 Å². The minimum absolute atomic E-state index is 0.353. The molecule has 0 atom stereocenters. The van der Waals surface area contributed by atoms with E-state index >= 15 is 0 Å². The van der Waals surface area contributed by atoms with E-state index in [1.54, 1.807) is 6.07 Å². The lowest BCUT2D eigenvalue weighted by atomic mass is 9.96. The van der Waals surface area contributed by atoms with E-state index < -0.39 is 0 Å². The summed E-state index contributed by atoms with van der Waals surface area (Å²) < 4.78 is 12.3. The molecule has 7 nitrogen and oxygen atoms in total. The molecule has 0 aromatic carbocycles. The molecule has 0 aliphatic carbocycles. The number of carbonyl (C=O) groups is 1. The third kappa shape index (κ3) is 3.02. The van der Waals surface area contributed by atoms with E-state index in [0.717, 1.165) is 37.4 Å². The largest absolute Gasteiger partial charge is 0.467 e. The second-order valence-corrected chi connectivity index (χ2v) is 6.29. The van der Waals surface area contributed by atoms with Crippen molar-refractivity contribution in [1.82, 2.24) is 19.5 Å². The fourth-order valence-corrected chi connectivity index (χ4v) is 3.45. The van der Waals surface area contributed by atoms with Crippen LogP contribution in [0.25, 0.3) is 5.65 Å². The maximum Gasteiger partial charge on any atom is 0.341 e. The SMILES string of the molecule is COC(=O)c1ccoc1CN1CCC(c2nnc3ccccn23)CC1. The first-order chi connectivity index (χ1) is 12.3. The lowest BCUT2D eigenvalue weighted by molar-refractivity contribution is 0.0595. The van der Waals surface area contributed by atoms with E-state index in [1.165, 1.54) is 13.4 Å². The molecule has 7 heteroatoms. The topological polar surface area (TPSA) is 72.9 Å². The number of hydrogen-bond acceptors (Lipinski definition) is 6. The van der Waals surface area contributed by atoms with Gasteiger partial charge in [-0.1, -0.05) is 6.07 Å². The van der Waals surface area contributed by atoms with Crippen molar-refractivity contribution in [3.05, 3.63) is 53.9 Å². The van der Waals surface area contributed by atoms with Gasteiger partial charge in [0.2, 0.25) is 0 Å². The molecule has 4 rings (SSSR count). The molecule has 25 heavy (non-hydrogen) atoms. The molecule has 4 heterocycles. The zero-order valence-electron chi connectivity index (χ0n) is 14.1. The van der Waals surface area contributed by atoms with Crippen molar-refractivity contribution in [3.8, 4) is 0 Å². The monoisotopic (exact) mass is 340 g/mol. The van der Waals surface area contributed by atoms with E-state index in [2.05, 4.69) is 19.5 Å². The van der Waals surface area contributed by atoms with Crippen molar-refractivity contribution >= 4 is 11.6 Å². The Morgan fingerprint density at radius 3 is 2.92 bits per heavy atom. The van der Waals surface area contributed by atoms with Gasteiger partial charge in [0.25, 0.3) is 0 Å². The van der Waals surface area contributed by atoms with Gasteiger partial charge in [0.15, 0.2) is 5.65 Å². The Hall–Kier alpha value is -2.67. The van der Waals surface area contributed by atoms with Gasteiger partial charge in [-0.15, -0.1) is 10.2 Å². The highest BCUT2D eigenvalue weighted by atomic mass is 16.5. The fraction of sp³-hybridized carbons (Fsp3) is 0.389. The first-order valence-corrected chi connectivity index (χ1v) is 8.43. The summed E-state index contributed by atoms with van der Waals surface area (Å²) in [6.45, 7) is 2.46. The predicted octanol–water partition coefficient (Wildman–Crippen LogP) is 2.49. The van der Waals surface area contributed by atoms with Crippen LogP contribution in [0.4, 0.5) is 0 Å². The fourth-order valence-electron chi connectivity index (χ4n) is 3.45. The molecule has 1 saturated heterocycles. The van der Waals surface area contributed by atoms with Gasteiger partial charge in [-0.05, 0) is 44.1 Å². The quantitative estimate of drug-likeness (QED) is 0.680. The summed E-state index contributed by atoms with van der Waals surface area (Å²) in [5, 5.41) is 8.63. The first kappa shape index (κ1) is 15.8. The van der Waals surface area contributed by atoms with Crippen LogP contribution in [0.5, 0.6) is 0 Å². The van der Waals surface area contributed by atoms with Gasteiger partial charge in [0, 0.05) is 12.1 Å². The van der Waals surface area contributed by atoms with Crippen molar-refractivity contribution in [2.75, 3.05) is 20.2 Å². The summed E-state index contributed by atoms with van der Waals surface area (Å²) in [7, 11) is 1.38. The van der Waals surface area contributed by atoms with Crippen LogP contribution in [0.3, 0.4) is 0 Å². The van der Waals surface area contributed by atoms with Gasteiger partial charge in [-0.2, -0.15) is 0 Å². The number of methoxy groups -OCH3 is 1. The van der Waals surface area contributed by atoms with Crippen molar-refractivity contribution < 1.29 is 13.9 Å². The van der Waals surface area contributed by atoms with Crippen molar-refractivity contribution in [2.24, 2.45) is 0 Å². The van der Waals surface area contributed by atoms with Crippen LogP contribution < -0.4 is 0 Å². The van der Waals surface area contributed by atoms with Gasteiger partial charge in [0.05, 0.1) is 19.9 Å². The summed E-state index contributed by atoms with van der Waals surface area (Å²) in [6, 6.07) is 7.60. The number of piperidine rings is 1. The van der Waals surface area contributed by atoms with E-state index in [9.17, 15) is 4.79 Å². The molecule has 130 valence electrons. The number of carbonyl (C=O) groups excluding carboxylic acids is 1. The van der Waals surface area contributed by atoms with E-state index in [1.807, 2.05) is 24.4 Å². The van der Waals surface area contributed by atoms with Crippen LogP contribution in [0.2, 0.25) is 0 Å². The summed E-state index contributed by atoms with van der Waals surface area (Å²) in [4.78, 5) is 14.0. The normalized spacial score (nSPS) is 16.4. The number of nitrogens with zero attached hydrogens (tertiary/aromatic N) is 4. The molecule has 3 aromatic heterocycles. The minimum Gasteiger partial charge on any atom is -0.467 e. The highest BCUT2D eigenvalue weighted by Crippen LogP contribution is 2.28. The van der Waals surface area contributed by atoms with Crippen LogP contribution >= 0.6 is 0 Å². The molecule has 0 amide bonds. The Kier molecular flexibility index (Phi) is 4.23. The second kappa shape index (κ2) is 6.68. The third-order valence-electron chi connectivity index (χ3n) is 4.81. The highest BCUT2D eigenvalue weighted by Gasteiger charge is 2.26. The Morgan fingerprint density at radius 2 is 2.12 bits per heavy atom. The summed E-state index contributed by atoms with van der Waals surface area (Å²) in [5.41, 5.74) is 1.39. The van der Waals surface area contributed by atoms with Crippen molar-refractivity contribution in [1.29, 1.82) is 0 Å². The molecular formula is C18H20N4O3. The standard InChI is InChI=1S/C18H20N4O3/c1-24-18(23)14-7-11-25-15(14)12-21-9-5-13(6-10-21)17-20-19-16-4-2-3-8-22(16)17/h2-4,7-8,11,13H,5-6,9-10,12H2,1H3. The number of aromatic nitrogens is 3. The Morgan fingerprint density at radius 1 is 1.28 bits per heavy atom. The number of hydrogen-bond donors (Lipinski definition) is 0. The zero-order chi connectivity index (χ0) is 17.2. The van der Waals surface area contributed by atoms with Gasteiger partial charge in [0.1, 0.15) is 17.1 Å². The highest BCUT2D eigenvalue weighted by molar-refractivity contribution is 5.90. The third-order valence-corrected chi connectivity index (χ3v) is 4.81. The smallest absolute Gasteiger partial charge is 0.341 e. The molecular weight excluding hydrogens is 320 g/mol. The predicted molar refractivity (Wildman–Crippen MR) is 90.3 cm³/mol. The number of likely N-dealkylation sites (tertiary alicyclic amines) is 1. The lowest BCUT2D eigenvalue weighted by Gasteiger charge is -2.30. The number of pyridine rings is 1. The molecule has 0 saturated carbocycles. The molecule has 1 aliphatic rings. The Labute approximate surface area is 145 Å². The van der Waals surface area contributed by atoms with Crippen LogP contribution in [0.15, 0.2) is 41.1 Å². The Balaban J connectivity index is 1.42. The lowest BCUT2D eigenvalue weighted by Crippen LogP contribution is -2.33. The van der Waals surface area contributed by atoms with Gasteiger partial charge in [-0.3, -0.25) is 9.30 Å². The molecule has 3 aromatic rings. The second-order valence-electron chi connectivity index (χ2n) is 6.29. The number of fused-ring (bicyclic) bond motifs is 1. The van der Waals surface area contributed by atoms with Crippen molar-refractivity contribution in [3.63, 3.8) is 0 Å². The van der Waals surface area contributed by atoms with Gasteiger partial charge < -0.3 is 9.15 Å². The average molecular weight is 340 g/mol. The maximum absolute atomic E-state index is 11.8. The van der Waals surface area contributed by atoms with Gasteiger partial charge >= 0.3 is 5.97 Å². The number of rotatable bonds is 4. The number of ether oxygens (including phenoxy) is 1. The first-order valence-electron chi connectivity index (χ1n) is 8.43. The Bertz CT molecular complexity index is 877. The molecule has 0 N–H and O–H groups in total. The molecule has 0 bridgehead atoms. The number of esters is 1. The summed E-state index contributed by atoms with van der Waals surface area (Å²) >= 11 is 0. The average Bonchev–Trinajstić information content (AvgIpc) is 3.29. The van der Waals surface area contributed by atoms with E-state index in [-0.39, 0.29) is 5.97 Å². The molecule has 0 unspecified atom stereocenters.